The van der Waals surface area contributed by atoms with Gasteiger partial charge in [-0.15, -0.1) is 6.58 Å². The largest absolute Gasteiger partial charge is 0.422 e. The molecule has 31 heavy (non-hydrogen) atoms. The number of benzene rings is 2. The Balaban J connectivity index is 1.76. The van der Waals surface area contributed by atoms with Crippen molar-refractivity contribution < 1.29 is 4.42 Å². The van der Waals surface area contributed by atoms with Crippen molar-refractivity contribution in [3.63, 3.8) is 0 Å². The summed E-state index contributed by atoms with van der Waals surface area (Å²) >= 11 is 5.15. The number of hydrogen-bond donors (Lipinski definition) is 2. The summed E-state index contributed by atoms with van der Waals surface area (Å²) in [6.07, 6.45) is 5.06. The Bertz CT molecular complexity index is 1320. The van der Waals surface area contributed by atoms with Gasteiger partial charge in [-0.2, -0.15) is 10.2 Å². The molecule has 2 aromatic heterocycles. The van der Waals surface area contributed by atoms with Gasteiger partial charge in [0.2, 0.25) is 0 Å². The molecule has 7 nitrogen and oxygen atoms in total. The van der Waals surface area contributed by atoms with Gasteiger partial charge in [-0.3, -0.25) is 5.43 Å². The van der Waals surface area contributed by atoms with Crippen LogP contribution in [0.25, 0.3) is 27.9 Å². The Labute approximate surface area is 183 Å². The van der Waals surface area contributed by atoms with Gasteiger partial charge in [-0.1, -0.05) is 42.5 Å². The van der Waals surface area contributed by atoms with E-state index in [0.717, 1.165) is 11.1 Å². The van der Waals surface area contributed by atoms with Crippen molar-refractivity contribution in [1.82, 2.24) is 20.5 Å². The molecule has 0 aliphatic heterocycles. The lowest BCUT2D eigenvalue weighted by molar-refractivity contribution is 0.563. The van der Waals surface area contributed by atoms with Crippen molar-refractivity contribution in [1.29, 1.82) is 0 Å². The number of fused-ring (bicyclic) bond motifs is 1. The summed E-state index contributed by atoms with van der Waals surface area (Å²) in [4.78, 5) is 12.7. The van der Waals surface area contributed by atoms with Gasteiger partial charge in [0.25, 0.3) is 0 Å². The molecule has 0 spiro atoms. The van der Waals surface area contributed by atoms with Gasteiger partial charge in [0.15, 0.2) is 5.11 Å². The van der Waals surface area contributed by atoms with Crippen molar-refractivity contribution in [3.8, 4) is 16.9 Å². The van der Waals surface area contributed by atoms with E-state index >= 15 is 0 Å². The summed E-state index contributed by atoms with van der Waals surface area (Å²) in [6.45, 7) is 4.15. The van der Waals surface area contributed by atoms with Crippen LogP contribution in [0.5, 0.6) is 0 Å². The summed E-state index contributed by atoms with van der Waals surface area (Å²) in [7, 11) is 0. The molecule has 154 valence electrons. The van der Waals surface area contributed by atoms with Gasteiger partial charge < -0.3 is 9.73 Å². The Morgan fingerprint density at radius 2 is 1.97 bits per heavy atom. The first-order valence-electron chi connectivity index (χ1n) is 9.52. The van der Waals surface area contributed by atoms with E-state index in [4.69, 9.17) is 16.6 Å². The maximum Gasteiger partial charge on any atom is 0.345 e. The molecule has 0 aliphatic carbocycles. The van der Waals surface area contributed by atoms with Crippen LogP contribution in [-0.4, -0.2) is 27.7 Å². The number of nitrogens with zero attached hydrogens (tertiary/aromatic N) is 3. The minimum Gasteiger partial charge on any atom is -0.422 e. The van der Waals surface area contributed by atoms with E-state index < -0.39 is 5.63 Å². The molecule has 8 heteroatoms. The van der Waals surface area contributed by atoms with Crippen LogP contribution in [0.1, 0.15) is 5.56 Å². The summed E-state index contributed by atoms with van der Waals surface area (Å²) in [6, 6.07) is 18.7. The third-order valence-electron chi connectivity index (χ3n) is 4.44. The number of hydrazone groups is 1. The predicted octanol–water partition coefficient (Wildman–Crippen LogP) is 3.63. The van der Waals surface area contributed by atoms with Crippen LogP contribution in [0.2, 0.25) is 0 Å². The first kappa shape index (κ1) is 20.2. The van der Waals surface area contributed by atoms with Crippen molar-refractivity contribution in [3.05, 3.63) is 95.5 Å². The number of hydrogen-bond acceptors (Lipinski definition) is 5. The summed E-state index contributed by atoms with van der Waals surface area (Å²) < 4.78 is 7.19. The molecule has 0 radical (unpaired) electrons. The van der Waals surface area contributed by atoms with Crippen LogP contribution in [0.4, 0.5) is 0 Å². The molecule has 4 rings (SSSR count). The fourth-order valence-electron chi connectivity index (χ4n) is 3.00. The molecule has 0 saturated heterocycles. The summed E-state index contributed by atoms with van der Waals surface area (Å²) in [5, 5.41) is 12.9. The molecule has 0 unspecified atom stereocenters. The third-order valence-corrected chi connectivity index (χ3v) is 4.67. The highest BCUT2D eigenvalue weighted by molar-refractivity contribution is 7.80. The Morgan fingerprint density at radius 1 is 1.19 bits per heavy atom. The lowest BCUT2D eigenvalue weighted by atomic mass is 10.1. The zero-order chi connectivity index (χ0) is 21.6. The standard InChI is InChI=1S/C23H19N5O2S/c1-2-12-24-23(31)26-25-14-17-15-28(18-9-4-3-5-10-18)27-21(17)19-13-16-8-6-7-11-20(16)30-22(19)29/h2-11,13-15H,1,12H2,(H2,24,26,31). The van der Waals surface area contributed by atoms with Crippen LogP contribution >= 0.6 is 12.2 Å². The van der Waals surface area contributed by atoms with Gasteiger partial charge in [0, 0.05) is 23.7 Å². The third kappa shape index (κ3) is 4.59. The summed E-state index contributed by atoms with van der Waals surface area (Å²) in [5.74, 6) is 0. The molecule has 0 amide bonds. The second kappa shape index (κ2) is 9.19. The second-order valence-electron chi connectivity index (χ2n) is 6.57. The van der Waals surface area contributed by atoms with Gasteiger partial charge in [-0.05, 0) is 36.5 Å². The van der Waals surface area contributed by atoms with E-state index in [9.17, 15) is 4.79 Å². The minimum atomic E-state index is -0.470. The fraction of sp³-hybridized carbons (Fsp3) is 0.0435. The van der Waals surface area contributed by atoms with Gasteiger partial charge >= 0.3 is 5.63 Å². The fourth-order valence-corrected chi connectivity index (χ4v) is 3.13. The highest BCUT2D eigenvalue weighted by Gasteiger charge is 2.16. The van der Waals surface area contributed by atoms with Crippen molar-refractivity contribution >= 4 is 34.5 Å². The normalized spacial score (nSPS) is 11.0. The van der Waals surface area contributed by atoms with Crippen LogP contribution in [-0.2, 0) is 0 Å². The van der Waals surface area contributed by atoms with Crippen molar-refractivity contribution in [2.24, 2.45) is 5.10 Å². The van der Waals surface area contributed by atoms with Gasteiger partial charge in [0.05, 0.1) is 17.5 Å². The van der Waals surface area contributed by atoms with E-state index in [1.54, 1.807) is 35.3 Å². The maximum absolute atomic E-state index is 12.7. The number of nitrogens with one attached hydrogen (secondary N) is 2. The van der Waals surface area contributed by atoms with Crippen LogP contribution in [0.3, 0.4) is 0 Å². The van der Waals surface area contributed by atoms with Gasteiger partial charge in [0.1, 0.15) is 11.3 Å². The van der Waals surface area contributed by atoms with Crippen LogP contribution in [0.15, 0.2) is 93.8 Å². The lowest BCUT2D eigenvalue weighted by Gasteiger charge is -2.03. The number of rotatable bonds is 6. The molecule has 0 atom stereocenters. The first-order valence-corrected chi connectivity index (χ1v) is 9.92. The number of para-hydroxylation sites is 2. The molecule has 2 N–H and O–H groups in total. The summed E-state index contributed by atoms with van der Waals surface area (Å²) in [5.41, 5.74) is 5.08. The highest BCUT2D eigenvalue weighted by Crippen LogP contribution is 2.23. The SMILES string of the molecule is C=CCNC(=S)NN=Cc1cn(-c2ccccc2)nc1-c1cc2ccccc2oc1=O. The minimum absolute atomic E-state index is 0.349. The molecule has 0 aliphatic rings. The zero-order valence-corrected chi connectivity index (χ0v) is 17.3. The average molecular weight is 430 g/mol. The molecule has 2 heterocycles. The monoisotopic (exact) mass is 429 g/mol. The topological polar surface area (TPSA) is 84.4 Å². The van der Waals surface area contributed by atoms with Gasteiger partial charge in [-0.25, -0.2) is 9.48 Å². The maximum atomic E-state index is 12.7. The van der Waals surface area contributed by atoms with Crippen LogP contribution < -0.4 is 16.4 Å². The van der Waals surface area contributed by atoms with E-state index in [-0.39, 0.29) is 0 Å². The van der Waals surface area contributed by atoms with E-state index in [2.05, 4.69) is 27.5 Å². The molecular weight excluding hydrogens is 410 g/mol. The quantitative estimate of drug-likeness (QED) is 0.160. The van der Waals surface area contributed by atoms with E-state index in [0.29, 0.717) is 34.1 Å². The molecule has 4 aromatic rings. The van der Waals surface area contributed by atoms with Crippen LogP contribution in [0, 0.1) is 0 Å². The number of thiocarbonyl (C=S) groups is 1. The van der Waals surface area contributed by atoms with Crippen molar-refractivity contribution in [2.75, 3.05) is 6.54 Å². The Morgan fingerprint density at radius 3 is 2.77 bits per heavy atom. The van der Waals surface area contributed by atoms with E-state index in [1.807, 2.05) is 48.5 Å². The lowest BCUT2D eigenvalue weighted by Crippen LogP contribution is -2.31. The average Bonchev–Trinajstić information content (AvgIpc) is 3.21. The predicted molar refractivity (Wildman–Crippen MR) is 127 cm³/mol. The molecule has 0 saturated carbocycles. The number of aromatic nitrogens is 2. The first-order chi connectivity index (χ1) is 15.2. The van der Waals surface area contributed by atoms with Crippen molar-refractivity contribution in [2.45, 2.75) is 0 Å². The highest BCUT2D eigenvalue weighted by atomic mass is 32.1. The Kier molecular flexibility index (Phi) is 6.00. The smallest absolute Gasteiger partial charge is 0.345 e. The molecular formula is C23H19N5O2S. The Hall–Kier alpha value is -4.04. The molecule has 0 bridgehead atoms. The molecule has 0 fully saturated rings. The molecule has 2 aromatic carbocycles. The zero-order valence-electron chi connectivity index (χ0n) is 16.5. The van der Waals surface area contributed by atoms with E-state index in [1.165, 1.54) is 0 Å². The second-order valence-corrected chi connectivity index (χ2v) is 6.98.